The third-order valence-corrected chi connectivity index (χ3v) is 6.65. The lowest BCUT2D eigenvalue weighted by Crippen LogP contribution is -2.25. The lowest BCUT2D eigenvalue weighted by molar-refractivity contribution is 0.475. The highest BCUT2D eigenvalue weighted by atomic mass is 16.1. The van der Waals surface area contributed by atoms with E-state index < -0.39 is 0 Å². The molecule has 8 heteroatoms. The van der Waals surface area contributed by atoms with Crippen LogP contribution in [0.15, 0.2) is 47.4 Å². The molecule has 0 spiro atoms. The van der Waals surface area contributed by atoms with Crippen LogP contribution in [0.1, 0.15) is 62.9 Å². The van der Waals surface area contributed by atoms with E-state index in [0.717, 1.165) is 30.8 Å². The minimum Gasteiger partial charge on any atom is -0.324 e. The van der Waals surface area contributed by atoms with Gasteiger partial charge in [-0.2, -0.15) is 10.2 Å². The van der Waals surface area contributed by atoms with Gasteiger partial charge in [0.1, 0.15) is 11.5 Å². The maximum atomic E-state index is 13.4. The maximum absolute atomic E-state index is 13.4. The first-order valence-corrected chi connectivity index (χ1v) is 12.3. The van der Waals surface area contributed by atoms with E-state index in [2.05, 4.69) is 54.6 Å². The number of fused-ring (bicyclic) bond motifs is 2. The highest BCUT2D eigenvalue weighted by molar-refractivity contribution is 5.78. The van der Waals surface area contributed by atoms with E-state index in [4.69, 9.17) is 4.98 Å². The zero-order valence-electron chi connectivity index (χ0n) is 21.4. The van der Waals surface area contributed by atoms with Crippen LogP contribution in [0, 0.1) is 11.3 Å². The Balaban J connectivity index is 1.69. The molecule has 0 fully saturated rings. The zero-order valence-corrected chi connectivity index (χ0v) is 21.4. The second-order valence-corrected chi connectivity index (χ2v) is 10.6. The Bertz CT molecular complexity index is 1560. The van der Waals surface area contributed by atoms with Crippen molar-refractivity contribution in [2.24, 2.45) is 0 Å². The van der Waals surface area contributed by atoms with Crippen LogP contribution in [-0.2, 0) is 18.4 Å². The van der Waals surface area contributed by atoms with E-state index in [1.54, 1.807) is 15.6 Å². The van der Waals surface area contributed by atoms with Gasteiger partial charge in [0.05, 0.1) is 11.3 Å². The summed E-state index contributed by atoms with van der Waals surface area (Å²) in [5, 5.41) is 17.3. The van der Waals surface area contributed by atoms with Crippen molar-refractivity contribution >= 4 is 22.7 Å². The van der Waals surface area contributed by atoms with Crippen LogP contribution < -0.4 is 16.2 Å². The normalized spacial score (nSPS) is 13.6. The first kappa shape index (κ1) is 23.8. The number of aromatic nitrogens is 4. The number of nitrogens with one attached hydrogen (secondary N) is 2. The van der Waals surface area contributed by atoms with Crippen molar-refractivity contribution in [2.75, 3.05) is 11.9 Å². The SMILES string of the molecule is CC(C)n1c(=O)c2cnc(Nc3ccc4c(c3)CNCC4)nc2n1-c1cccc(C(C)(C)C)c1C#N. The Morgan fingerprint density at radius 3 is 2.69 bits per heavy atom. The summed E-state index contributed by atoms with van der Waals surface area (Å²) in [6.07, 6.45) is 2.59. The van der Waals surface area contributed by atoms with Gasteiger partial charge in [-0.25, -0.2) is 14.3 Å². The van der Waals surface area contributed by atoms with Gasteiger partial charge in [-0.05, 0) is 67.1 Å². The van der Waals surface area contributed by atoms with Gasteiger partial charge < -0.3 is 10.6 Å². The molecule has 2 N–H and O–H groups in total. The molecule has 0 unspecified atom stereocenters. The van der Waals surface area contributed by atoms with Crippen LogP contribution in [0.4, 0.5) is 11.6 Å². The Morgan fingerprint density at radius 2 is 1.97 bits per heavy atom. The van der Waals surface area contributed by atoms with Crippen LogP contribution in [-0.4, -0.2) is 25.9 Å². The predicted octanol–water partition coefficient (Wildman–Crippen LogP) is 4.72. The molecular formula is C28H31N7O. The van der Waals surface area contributed by atoms with Crippen LogP contribution in [0.3, 0.4) is 0 Å². The molecule has 3 heterocycles. The second-order valence-electron chi connectivity index (χ2n) is 10.6. The number of rotatable bonds is 4. The summed E-state index contributed by atoms with van der Waals surface area (Å²) in [6.45, 7) is 12.0. The fourth-order valence-electron chi connectivity index (χ4n) is 4.90. The maximum Gasteiger partial charge on any atom is 0.278 e. The van der Waals surface area contributed by atoms with Crippen molar-refractivity contribution in [2.45, 2.75) is 59.0 Å². The van der Waals surface area contributed by atoms with Crippen molar-refractivity contribution in [1.82, 2.24) is 24.6 Å². The minimum atomic E-state index is -0.240. The summed E-state index contributed by atoms with van der Waals surface area (Å²) in [7, 11) is 0. The van der Waals surface area contributed by atoms with Crippen LogP contribution in [0.25, 0.3) is 16.7 Å². The summed E-state index contributed by atoms with van der Waals surface area (Å²) in [6, 6.07) is 14.3. The van der Waals surface area contributed by atoms with E-state index in [9.17, 15) is 10.1 Å². The number of nitriles is 1. The van der Waals surface area contributed by atoms with Crippen molar-refractivity contribution in [1.29, 1.82) is 5.26 Å². The molecule has 0 bridgehead atoms. The summed E-state index contributed by atoms with van der Waals surface area (Å²) in [5.41, 5.74) is 5.63. The topological polar surface area (TPSA) is 101 Å². The van der Waals surface area contributed by atoms with Crippen LogP contribution >= 0.6 is 0 Å². The van der Waals surface area contributed by atoms with Gasteiger partial charge in [0.2, 0.25) is 5.95 Å². The number of hydrogen-bond donors (Lipinski definition) is 2. The van der Waals surface area contributed by atoms with E-state index in [1.165, 1.54) is 11.1 Å². The fraction of sp³-hybridized carbons (Fsp3) is 0.357. The summed E-state index contributed by atoms with van der Waals surface area (Å²) < 4.78 is 3.43. The predicted molar refractivity (Wildman–Crippen MR) is 142 cm³/mol. The van der Waals surface area contributed by atoms with Gasteiger partial charge in [0, 0.05) is 24.5 Å². The Hall–Kier alpha value is -3.96. The molecule has 2 aromatic heterocycles. The molecule has 0 amide bonds. The Morgan fingerprint density at radius 1 is 1.17 bits per heavy atom. The number of anilines is 2. The lowest BCUT2D eigenvalue weighted by atomic mass is 9.83. The molecular weight excluding hydrogens is 450 g/mol. The summed E-state index contributed by atoms with van der Waals surface area (Å²) >= 11 is 0. The van der Waals surface area contributed by atoms with Gasteiger partial charge in [-0.3, -0.25) is 4.79 Å². The summed E-state index contributed by atoms with van der Waals surface area (Å²) in [5.74, 6) is 0.395. The minimum absolute atomic E-state index is 0.152. The van der Waals surface area contributed by atoms with Gasteiger partial charge >= 0.3 is 0 Å². The number of nitrogens with zero attached hydrogens (tertiary/aromatic N) is 5. The monoisotopic (exact) mass is 481 g/mol. The molecule has 5 rings (SSSR count). The highest BCUT2D eigenvalue weighted by Crippen LogP contribution is 2.31. The van der Waals surface area contributed by atoms with Crippen molar-refractivity contribution in [3.63, 3.8) is 0 Å². The average molecular weight is 482 g/mol. The summed E-state index contributed by atoms with van der Waals surface area (Å²) in [4.78, 5) is 22.7. The highest BCUT2D eigenvalue weighted by Gasteiger charge is 2.25. The molecule has 4 aromatic rings. The van der Waals surface area contributed by atoms with E-state index in [-0.39, 0.29) is 17.0 Å². The van der Waals surface area contributed by atoms with Gasteiger partial charge in [-0.1, -0.05) is 39.0 Å². The average Bonchev–Trinajstić information content (AvgIpc) is 3.14. The quantitative estimate of drug-likeness (QED) is 0.437. The van der Waals surface area contributed by atoms with Crippen LogP contribution in [0.5, 0.6) is 0 Å². The zero-order chi connectivity index (χ0) is 25.6. The molecule has 0 atom stereocenters. The molecule has 36 heavy (non-hydrogen) atoms. The van der Waals surface area contributed by atoms with Crippen molar-refractivity contribution in [3.8, 4) is 11.8 Å². The van der Waals surface area contributed by atoms with E-state index in [1.807, 2.05) is 38.1 Å². The Kier molecular flexibility index (Phi) is 5.89. The fourth-order valence-corrected chi connectivity index (χ4v) is 4.90. The molecule has 1 aliphatic heterocycles. The molecule has 8 nitrogen and oxygen atoms in total. The Labute approximate surface area is 210 Å². The first-order valence-electron chi connectivity index (χ1n) is 12.3. The lowest BCUT2D eigenvalue weighted by Gasteiger charge is -2.23. The van der Waals surface area contributed by atoms with Crippen LogP contribution in [0.2, 0.25) is 0 Å². The van der Waals surface area contributed by atoms with Crippen molar-refractivity contribution in [3.05, 3.63) is 75.2 Å². The largest absolute Gasteiger partial charge is 0.324 e. The second kappa shape index (κ2) is 8.92. The number of hydrogen-bond acceptors (Lipinski definition) is 6. The third kappa shape index (κ3) is 4.06. The standard InChI is InChI=1S/C28H31N7O/c1-17(2)34-26(36)22-16-31-27(32-20-10-9-18-11-12-30-15-19(18)13-20)33-25(22)35(34)24-8-6-7-23(21(24)14-29)28(3,4)5/h6-10,13,16-17,30H,11-12,15H2,1-5H3,(H,31,32,33). The molecule has 0 saturated carbocycles. The molecule has 0 radical (unpaired) electrons. The smallest absolute Gasteiger partial charge is 0.278 e. The molecule has 0 saturated heterocycles. The van der Waals surface area contributed by atoms with E-state index in [0.29, 0.717) is 28.2 Å². The van der Waals surface area contributed by atoms with Gasteiger partial charge in [0.15, 0.2) is 5.65 Å². The molecule has 2 aromatic carbocycles. The molecule has 184 valence electrons. The van der Waals surface area contributed by atoms with Gasteiger partial charge in [0.25, 0.3) is 5.56 Å². The van der Waals surface area contributed by atoms with Gasteiger partial charge in [-0.15, -0.1) is 0 Å². The number of benzene rings is 2. The van der Waals surface area contributed by atoms with Crippen molar-refractivity contribution < 1.29 is 0 Å². The van der Waals surface area contributed by atoms with E-state index >= 15 is 0 Å². The first-order chi connectivity index (χ1) is 17.2. The molecule has 0 aliphatic carbocycles. The third-order valence-electron chi connectivity index (χ3n) is 6.65. The molecule has 1 aliphatic rings.